The van der Waals surface area contributed by atoms with Crippen molar-refractivity contribution in [3.63, 3.8) is 0 Å². The molecule has 5 nitrogen and oxygen atoms in total. The lowest BCUT2D eigenvalue weighted by molar-refractivity contribution is 0.462. The Bertz CT molecular complexity index is 960. The Kier molecular flexibility index (Phi) is 4.76. The highest BCUT2D eigenvalue weighted by Gasteiger charge is 2.21. The van der Waals surface area contributed by atoms with Crippen LogP contribution in [0.15, 0.2) is 18.2 Å². The Morgan fingerprint density at radius 3 is 2.58 bits per heavy atom. The summed E-state index contributed by atoms with van der Waals surface area (Å²) in [6, 6.07) is 5.93. The Labute approximate surface area is 162 Å². The summed E-state index contributed by atoms with van der Waals surface area (Å²) in [5.74, 6) is 1.53. The van der Waals surface area contributed by atoms with Crippen LogP contribution in [0.25, 0.3) is 22.3 Å². The van der Waals surface area contributed by atoms with Crippen LogP contribution in [0, 0.1) is 6.92 Å². The number of aryl methyl sites for hydroxylation is 2. The van der Waals surface area contributed by atoms with Crippen LogP contribution in [0.1, 0.15) is 37.9 Å². The maximum absolute atomic E-state index is 6.44. The molecule has 0 unspecified atom stereocenters. The first-order valence-corrected chi connectivity index (χ1v) is 9.72. The molecule has 1 N–H and O–H groups in total. The molecule has 4 rings (SSSR count). The lowest BCUT2D eigenvalue weighted by atomic mass is 9.95. The van der Waals surface area contributed by atoms with Crippen molar-refractivity contribution in [2.45, 2.75) is 45.1 Å². The molecule has 7 heteroatoms. The van der Waals surface area contributed by atoms with E-state index in [9.17, 15) is 0 Å². The van der Waals surface area contributed by atoms with Crippen molar-refractivity contribution in [1.29, 1.82) is 0 Å². The number of benzene rings is 1. The van der Waals surface area contributed by atoms with Crippen molar-refractivity contribution in [2.75, 3.05) is 5.32 Å². The summed E-state index contributed by atoms with van der Waals surface area (Å²) < 4.78 is 1.82. The molecule has 3 aromatic rings. The van der Waals surface area contributed by atoms with Gasteiger partial charge in [0.1, 0.15) is 11.3 Å². The highest BCUT2D eigenvalue weighted by Crippen LogP contribution is 2.36. The van der Waals surface area contributed by atoms with Crippen LogP contribution in [0.5, 0.6) is 0 Å². The smallest absolute Gasteiger partial charge is 0.158 e. The van der Waals surface area contributed by atoms with E-state index < -0.39 is 0 Å². The molecular weight excluding hydrogens is 369 g/mol. The molecule has 0 radical (unpaired) electrons. The number of rotatable bonds is 3. The van der Waals surface area contributed by atoms with E-state index in [1.54, 1.807) is 6.07 Å². The van der Waals surface area contributed by atoms with E-state index in [0.717, 1.165) is 33.9 Å². The highest BCUT2D eigenvalue weighted by molar-refractivity contribution is 6.36. The van der Waals surface area contributed by atoms with Gasteiger partial charge in [-0.2, -0.15) is 5.10 Å². The molecule has 1 aliphatic rings. The lowest BCUT2D eigenvalue weighted by Crippen LogP contribution is -2.23. The molecule has 1 aromatic carbocycles. The van der Waals surface area contributed by atoms with Crippen molar-refractivity contribution >= 4 is 40.1 Å². The minimum Gasteiger partial charge on any atom is -0.365 e. The van der Waals surface area contributed by atoms with Gasteiger partial charge in [0.2, 0.25) is 0 Å². The fourth-order valence-electron chi connectivity index (χ4n) is 3.70. The molecule has 1 fully saturated rings. The lowest BCUT2D eigenvalue weighted by Gasteiger charge is -2.23. The second kappa shape index (κ2) is 7.05. The Balaban J connectivity index is 1.84. The fourth-order valence-corrected chi connectivity index (χ4v) is 4.20. The third-order valence-electron chi connectivity index (χ3n) is 4.93. The zero-order valence-electron chi connectivity index (χ0n) is 14.9. The molecule has 1 aliphatic carbocycles. The summed E-state index contributed by atoms with van der Waals surface area (Å²) in [5, 5.41) is 9.49. The molecule has 0 aliphatic heterocycles. The van der Waals surface area contributed by atoms with Crippen molar-refractivity contribution in [3.05, 3.63) is 34.1 Å². The molecular formula is C19H21Cl2N5. The number of fused-ring (bicyclic) bond motifs is 1. The average molecular weight is 390 g/mol. The van der Waals surface area contributed by atoms with Crippen LogP contribution in [0.4, 0.5) is 5.82 Å². The first kappa shape index (κ1) is 17.6. The second-order valence-corrected chi connectivity index (χ2v) is 7.74. The van der Waals surface area contributed by atoms with E-state index in [2.05, 4.69) is 15.3 Å². The van der Waals surface area contributed by atoms with E-state index in [4.69, 9.17) is 28.3 Å². The fraction of sp³-hybridized carbons (Fsp3) is 0.421. The largest absolute Gasteiger partial charge is 0.365 e. The van der Waals surface area contributed by atoms with Gasteiger partial charge in [0.25, 0.3) is 0 Å². The summed E-state index contributed by atoms with van der Waals surface area (Å²) in [6.07, 6.45) is 6.19. The van der Waals surface area contributed by atoms with Crippen LogP contribution in [0.2, 0.25) is 10.0 Å². The number of halogens is 2. The Hall–Kier alpha value is -1.85. The topological polar surface area (TPSA) is 55.6 Å². The van der Waals surface area contributed by atoms with Gasteiger partial charge in [-0.05, 0) is 38.0 Å². The SMILES string of the molecule is Cc1nc(NC2CCCCC2)c2nn(C)c(-c3ccc(Cl)cc3Cl)c2n1. The van der Waals surface area contributed by atoms with Crippen LogP contribution < -0.4 is 5.32 Å². The van der Waals surface area contributed by atoms with Crippen LogP contribution in [-0.4, -0.2) is 25.8 Å². The van der Waals surface area contributed by atoms with E-state index in [0.29, 0.717) is 16.1 Å². The zero-order valence-corrected chi connectivity index (χ0v) is 16.4. The molecule has 2 heterocycles. The minimum absolute atomic E-state index is 0.450. The first-order valence-electron chi connectivity index (χ1n) is 8.96. The summed E-state index contributed by atoms with van der Waals surface area (Å²) in [6.45, 7) is 1.91. The number of anilines is 1. The van der Waals surface area contributed by atoms with Crippen molar-refractivity contribution in [2.24, 2.45) is 7.05 Å². The van der Waals surface area contributed by atoms with E-state index in [1.165, 1.54) is 32.1 Å². The molecule has 0 spiro atoms. The predicted molar refractivity (Wildman–Crippen MR) is 107 cm³/mol. The highest BCUT2D eigenvalue weighted by atomic mass is 35.5. The van der Waals surface area contributed by atoms with E-state index in [1.807, 2.05) is 30.8 Å². The van der Waals surface area contributed by atoms with Gasteiger partial charge in [0.15, 0.2) is 11.3 Å². The molecule has 26 heavy (non-hydrogen) atoms. The molecule has 136 valence electrons. The Morgan fingerprint density at radius 2 is 1.85 bits per heavy atom. The number of nitrogens with one attached hydrogen (secondary N) is 1. The maximum Gasteiger partial charge on any atom is 0.158 e. The van der Waals surface area contributed by atoms with Crippen molar-refractivity contribution in [1.82, 2.24) is 19.7 Å². The number of nitrogens with zero attached hydrogens (tertiary/aromatic N) is 4. The quantitative estimate of drug-likeness (QED) is 0.652. The zero-order chi connectivity index (χ0) is 18.3. The number of hydrogen-bond donors (Lipinski definition) is 1. The molecule has 2 aromatic heterocycles. The Morgan fingerprint density at radius 1 is 1.08 bits per heavy atom. The molecule has 0 bridgehead atoms. The van der Waals surface area contributed by atoms with Gasteiger partial charge in [-0.1, -0.05) is 42.5 Å². The van der Waals surface area contributed by atoms with E-state index >= 15 is 0 Å². The average Bonchev–Trinajstić information content (AvgIpc) is 2.92. The van der Waals surface area contributed by atoms with Gasteiger partial charge in [-0.15, -0.1) is 0 Å². The van der Waals surface area contributed by atoms with Gasteiger partial charge in [-0.25, -0.2) is 9.97 Å². The van der Waals surface area contributed by atoms with Gasteiger partial charge in [0, 0.05) is 23.7 Å². The molecule has 1 saturated carbocycles. The van der Waals surface area contributed by atoms with Crippen molar-refractivity contribution in [3.8, 4) is 11.3 Å². The first-order chi connectivity index (χ1) is 12.5. The predicted octanol–water partition coefficient (Wildman–Crippen LogP) is 5.39. The monoisotopic (exact) mass is 389 g/mol. The summed E-state index contributed by atoms with van der Waals surface area (Å²) >= 11 is 12.5. The van der Waals surface area contributed by atoms with Gasteiger partial charge in [-0.3, -0.25) is 4.68 Å². The third-order valence-corrected chi connectivity index (χ3v) is 5.47. The second-order valence-electron chi connectivity index (χ2n) is 6.89. The summed E-state index contributed by atoms with van der Waals surface area (Å²) in [7, 11) is 1.90. The summed E-state index contributed by atoms with van der Waals surface area (Å²) in [5.41, 5.74) is 3.33. The van der Waals surface area contributed by atoms with Crippen LogP contribution >= 0.6 is 23.2 Å². The minimum atomic E-state index is 0.450. The van der Waals surface area contributed by atoms with Crippen molar-refractivity contribution < 1.29 is 0 Å². The van der Waals surface area contributed by atoms with Crippen LogP contribution in [-0.2, 0) is 7.05 Å². The van der Waals surface area contributed by atoms with E-state index in [-0.39, 0.29) is 0 Å². The number of hydrogen-bond acceptors (Lipinski definition) is 4. The number of aromatic nitrogens is 4. The molecule has 0 amide bonds. The summed E-state index contributed by atoms with van der Waals surface area (Å²) in [4.78, 5) is 9.29. The standard InChI is InChI=1S/C19H21Cl2N5/c1-11-22-16-17(19(23-11)24-13-6-4-3-5-7-13)25-26(2)18(16)14-9-8-12(20)10-15(14)21/h8-10,13H,3-7H2,1-2H3,(H,22,23,24). The van der Waals surface area contributed by atoms with Gasteiger partial charge in [0.05, 0.1) is 10.7 Å². The van der Waals surface area contributed by atoms with Gasteiger partial charge < -0.3 is 5.32 Å². The molecule has 0 atom stereocenters. The molecule has 0 saturated heterocycles. The van der Waals surface area contributed by atoms with Crippen LogP contribution in [0.3, 0.4) is 0 Å². The third kappa shape index (κ3) is 3.26. The normalized spacial score (nSPS) is 15.5. The van der Waals surface area contributed by atoms with Gasteiger partial charge >= 0.3 is 0 Å². The maximum atomic E-state index is 6.44.